The average Bonchev–Trinajstić information content (AvgIpc) is 2.76. The molecule has 0 aliphatic rings. The first-order chi connectivity index (χ1) is 8.65. The standard InChI is InChI=1S/C14H27N3S/c1-5-7-17(6-2)10-13-11-18-14(16-13)9-15-8-12(3)4/h11-12,15H,5-10H2,1-4H3. The van der Waals surface area contributed by atoms with Gasteiger partial charge in [0.05, 0.1) is 5.69 Å². The molecule has 1 heterocycles. The molecule has 0 bridgehead atoms. The molecule has 0 spiro atoms. The Morgan fingerprint density at radius 2 is 2.17 bits per heavy atom. The van der Waals surface area contributed by atoms with Crippen LogP contribution < -0.4 is 5.32 Å². The topological polar surface area (TPSA) is 28.2 Å². The predicted molar refractivity (Wildman–Crippen MR) is 79.9 cm³/mol. The fraction of sp³-hybridized carbons (Fsp3) is 0.786. The number of nitrogens with one attached hydrogen (secondary N) is 1. The Kier molecular flexibility index (Phi) is 7.47. The predicted octanol–water partition coefficient (Wildman–Crippen LogP) is 3.12. The minimum absolute atomic E-state index is 0.699. The van der Waals surface area contributed by atoms with Crippen molar-refractivity contribution in [1.82, 2.24) is 15.2 Å². The van der Waals surface area contributed by atoms with Gasteiger partial charge in [0.25, 0.3) is 0 Å². The van der Waals surface area contributed by atoms with Gasteiger partial charge >= 0.3 is 0 Å². The summed E-state index contributed by atoms with van der Waals surface area (Å²) >= 11 is 1.77. The number of aromatic nitrogens is 1. The summed E-state index contributed by atoms with van der Waals surface area (Å²) in [7, 11) is 0. The largest absolute Gasteiger partial charge is 0.310 e. The van der Waals surface area contributed by atoms with Crippen LogP contribution in [-0.2, 0) is 13.1 Å². The average molecular weight is 269 g/mol. The number of hydrogen-bond donors (Lipinski definition) is 1. The molecule has 0 atom stereocenters. The van der Waals surface area contributed by atoms with Gasteiger partial charge in [0.15, 0.2) is 0 Å². The maximum absolute atomic E-state index is 4.69. The number of hydrogen-bond acceptors (Lipinski definition) is 4. The highest BCUT2D eigenvalue weighted by Gasteiger charge is 2.06. The van der Waals surface area contributed by atoms with E-state index >= 15 is 0 Å². The molecule has 4 heteroatoms. The minimum atomic E-state index is 0.699. The Bertz CT molecular complexity index is 323. The second-order valence-electron chi connectivity index (χ2n) is 5.13. The van der Waals surface area contributed by atoms with Crippen molar-refractivity contribution in [2.75, 3.05) is 19.6 Å². The van der Waals surface area contributed by atoms with E-state index in [-0.39, 0.29) is 0 Å². The summed E-state index contributed by atoms with van der Waals surface area (Å²) < 4.78 is 0. The van der Waals surface area contributed by atoms with Crippen LogP contribution in [0.2, 0.25) is 0 Å². The van der Waals surface area contributed by atoms with Crippen LogP contribution in [0.3, 0.4) is 0 Å². The van der Waals surface area contributed by atoms with Gasteiger partial charge in [-0.3, -0.25) is 4.90 Å². The lowest BCUT2D eigenvalue weighted by atomic mass is 10.2. The minimum Gasteiger partial charge on any atom is -0.310 e. The van der Waals surface area contributed by atoms with Crippen molar-refractivity contribution in [3.05, 3.63) is 16.1 Å². The van der Waals surface area contributed by atoms with Crippen LogP contribution in [0, 0.1) is 5.92 Å². The molecular weight excluding hydrogens is 242 g/mol. The van der Waals surface area contributed by atoms with E-state index < -0.39 is 0 Å². The van der Waals surface area contributed by atoms with Crippen LogP contribution >= 0.6 is 11.3 Å². The van der Waals surface area contributed by atoms with Gasteiger partial charge in [-0.1, -0.05) is 27.7 Å². The molecule has 3 nitrogen and oxygen atoms in total. The van der Waals surface area contributed by atoms with Crippen LogP contribution in [0.25, 0.3) is 0 Å². The molecule has 1 N–H and O–H groups in total. The first-order valence-corrected chi connectivity index (χ1v) is 7.90. The third-order valence-corrected chi connectivity index (χ3v) is 3.70. The second kappa shape index (κ2) is 8.62. The van der Waals surface area contributed by atoms with E-state index in [1.54, 1.807) is 11.3 Å². The molecule has 1 aromatic heterocycles. The normalized spacial score (nSPS) is 11.7. The molecule has 0 radical (unpaired) electrons. The Morgan fingerprint density at radius 3 is 2.78 bits per heavy atom. The van der Waals surface area contributed by atoms with Crippen LogP contribution in [0.15, 0.2) is 5.38 Å². The molecule has 18 heavy (non-hydrogen) atoms. The van der Waals surface area contributed by atoms with Crippen LogP contribution in [0.4, 0.5) is 0 Å². The molecule has 0 unspecified atom stereocenters. The van der Waals surface area contributed by atoms with E-state index in [2.05, 4.69) is 43.3 Å². The van der Waals surface area contributed by atoms with Crippen molar-refractivity contribution in [3.8, 4) is 0 Å². The first kappa shape index (κ1) is 15.6. The van der Waals surface area contributed by atoms with Crippen molar-refractivity contribution in [3.63, 3.8) is 0 Å². The van der Waals surface area contributed by atoms with E-state index in [4.69, 9.17) is 4.98 Å². The SMILES string of the molecule is CCCN(CC)Cc1csc(CNCC(C)C)n1. The van der Waals surface area contributed by atoms with Gasteiger partial charge in [0.2, 0.25) is 0 Å². The van der Waals surface area contributed by atoms with Gasteiger partial charge in [-0.2, -0.15) is 0 Å². The van der Waals surface area contributed by atoms with Crippen LogP contribution in [-0.4, -0.2) is 29.5 Å². The maximum atomic E-state index is 4.69. The maximum Gasteiger partial charge on any atom is 0.107 e. The highest BCUT2D eigenvalue weighted by atomic mass is 32.1. The van der Waals surface area contributed by atoms with E-state index in [0.717, 1.165) is 32.7 Å². The van der Waals surface area contributed by atoms with E-state index in [1.165, 1.54) is 17.1 Å². The lowest BCUT2D eigenvalue weighted by Gasteiger charge is -2.17. The molecule has 0 saturated carbocycles. The highest BCUT2D eigenvalue weighted by Crippen LogP contribution is 2.12. The fourth-order valence-electron chi connectivity index (χ4n) is 1.86. The molecule has 1 aromatic rings. The van der Waals surface area contributed by atoms with Crippen molar-refractivity contribution in [2.24, 2.45) is 5.92 Å². The summed E-state index contributed by atoms with van der Waals surface area (Å²) in [5, 5.41) is 6.85. The summed E-state index contributed by atoms with van der Waals surface area (Å²) in [6.07, 6.45) is 1.21. The monoisotopic (exact) mass is 269 g/mol. The quantitative estimate of drug-likeness (QED) is 0.746. The second-order valence-corrected chi connectivity index (χ2v) is 6.07. The highest BCUT2D eigenvalue weighted by molar-refractivity contribution is 7.09. The van der Waals surface area contributed by atoms with Crippen molar-refractivity contribution in [1.29, 1.82) is 0 Å². The van der Waals surface area contributed by atoms with Gasteiger partial charge in [-0.05, 0) is 32.0 Å². The molecule has 1 rings (SSSR count). The first-order valence-electron chi connectivity index (χ1n) is 7.02. The summed E-state index contributed by atoms with van der Waals surface area (Å²) in [6.45, 7) is 14.1. The van der Waals surface area contributed by atoms with Crippen LogP contribution in [0.5, 0.6) is 0 Å². The van der Waals surface area contributed by atoms with Crippen LogP contribution in [0.1, 0.15) is 44.8 Å². The Morgan fingerprint density at radius 1 is 1.39 bits per heavy atom. The number of rotatable bonds is 9. The van der Waals surface area contributed by atoms with E-state index in [0.29, 0.717) is 5.92 Å². The van der Waals surface area contributed by atoms with Crippen molar-refractivity contribution in [2.45, 2.75) is 47.2 Å². The zero-order valence-electron chi connectivity index (χ0n) is 12.2. The van der Waals surface area contributed by atoms with E-state index in [1.807, 2.05) is 0 Å². The summed E-state index contributed by atoms with van der Waals surface area (Å²) in [5.41, 5.74) is 1.22. The smallest absolute Gasteiger partial charge is 0.107 e. The van der Waals surface area contributed by atoms with Gasteiger partial charge in [0, 0.05) is 18.5 Å². The van der Waals surface area contributed by atoms with Gasteiger partial charge in [0.1, 0.15) is 5.01 Å². The van der Waals surface area contributed by atoms with Crippen molar-refractivity contribution >= 4 is 11.3 Å². The molecule has 0 amide bonds. The third kappa shape index (κ3) is 5.94. The Balaban J connectivity index is 2.37. The van der Waals surface area contributed by atoms with Gasteiger partial charge in [-0.15, -0.1) is 11.3 Å². The molecular formula is C14H27N3S. The van der Waals surface area contributed by atoms with Crippen molar-refractivity contribution < 1.29 is 0 Å². The zero-order valence-corrected chi connectivity index (χ0v) is 13.0. The summed E-state index contributed by atoms with van der Waals surface area (Å²) in [5.74, 6) is 0.699. The molecule has 0 fully saturated rings. The lowest BCUT2D eigenvalue weighted by Crippen LogP contribution is -2.23. The molecule has 0 aliphatic heterocycles. The zero-order chi connectivity index (χ0) is 13.4. The molecule has 0 aliphatic carbocycles. The third-order valence-electron chi connectivity index (χ3n) is 2.80. The summed E-state index contributed by atoms with van der Waals surface area (Å²) in [6, 6.07) is 0. The molecule has 104 valence electrons. The lowest BCUT2D eigenvalue weighted by molar-refractivity contribution is 0.277. The number of thiazole rings is 1. The molecule has 0 aromatic carbocycles. The van der Waals surface area contributed by atoms with Gasteiger partial charge < -0.3 is 5.32 Å². The fourth-order valence-corrected chi connectivity index (χ4v) is 2.62. The van der Waals surface area contributed by atoms with E-state index in [9.17, 15) is 0 Å². The number of nitrogens with zero attached hydrogens (tertiary/aromatic N) is 2. The Labute approximate surface area is 116 Å². The van der Waals surface area contributed by atoms with Gasteiger partial charge in [-0.25, -0.2) is 4.98 Å². The Hall–Kier alpha value is -0.450. The molecule has 0 saturated heterocycles. The summed E-state index contributed by atoms with van der Waals surface area (Å²) in [4.78, 5) is 7.14.